The average molecular weight is 432 g/mol. The molecule has 0 saturated heterocycles. The van der Waals surface area contributed by atoms with E-state index in [1.54, 1.807) is 6.07 Å². The van der Waals surface area contributed by atoms with Crippen molar-refractivity contribution in [2.24, 2.45) is 0 Å². The topological polar surface area (TPSA) is 110 Å². The van der Waals surface area contributed by atoms with Crippen LogP contribution in [0.1, 0.15) is 23.5 Å². The van der Waals surface area contributed by atoms with Gasteiger partial charge in [-0.15, -0.1) is 0 Å². The minimum atomic E-state index is -1.12. The Morgan fingerprint density at radius 3 is 2.09 bits per heavy atom. The summed E-state index contributed by atoms with van der Waals surface area (Å²) >= 11 is 0. The maximum absolute atomic E-state index is 13.0. The summed E-state index contributed by atoms with van der Waals surface area (Å²) in [7, 11) is 0. The number of aliphatic carboxylic acids is 1. The first-order valence-electron chi connectivity index (χ1n) is 10.0. The van der Waals surface area contributed by atoms with E-state index >= 15 is 0 Å². The van der Waals surface area contributed by atoms with Crippen molar-refractivity contribution in [3.8, 4) is 11.1 Å². The van der Waals surface area contributed by atoms with E-state index in [4.69, 9.17) is 9.84 Å². The van der Waals surface area contributed by atoms with E-state index in [0.717, 1.165) is 27.2 Å². The molecule has 0 unspecified atom stereocenters. The number of hydrogen-bond acceptors (Lipinski definition) is 5. The summed E-state index contributed by atoms with van der Waals surface area (Å²) in [5, 5.41) is 20.5. The molecule has 0 saturated carbocycles. The highest BCUT2D eigenvalue weighted by Crippen LogP contribution is 2.44. The van der Waals surface area contributed by atoms with Gasteiger partial charge in [0, 0.05) is 18.5 Å². The number of benzene rings is 3. The van der Waals surface area contributed by atoms with Crippen LogP contribution < -0.4 is 4.90 Å². The monoisotopic (exact) mass is 432 g/mol. The third-order valence-electron chi connectivity index (χ3n) is 5.47. The second-order valence-corrected chi connectivity index (χ2v) is 7.35. The van der Waals surface area contributed by atoms with Gasteiger partial charge in [-0.3, -0.25) is 19.8 Å². The van der Waals surface area contributed by atoms with Crippen molar-refractivity contribution in [3.05, 3.63) is 94.0 Å². The van der Waals surface area contributed by atoms with E-state index in [1.165, 1.54) is 18.2 Å². The van der Waals surface area contributed by atoms with E-state index in [0.29, 0.717) is 0 Å². The van der Waals surface area contributed by atoms with Crippen LogP contribution in [0.2, 0.25) is 0 Å². The number of carbonyl (C=O) groups excluding carboxylic acids is 1. The van der Waals surface area contributed by atoms with Crippen LogP contribution >= 0.6 is 0 Å². The molecule has 0 spiro atoms. The number of para-hydroxylation sites is 2. The van der Waals surface area contributed by atoms with Crippen LogP contribution in [0, 0.1) is 10.1 Å². The van der Waals surface area contributed by atoms with Gasteiger partial charge in [-0.25, -0.2) is 4.79 Å². The summed E-state index contributed by atoms with van der Waals surface area (Å²) in [6.45, 7) is -0.228. The lowest BCUT2D eigenvalue weighted by molar-refractivity contribution is -0.384. The Hall–Kier alpha value is -4.20. The fourth-order valence-electron chi connectivity index (χ4n) is 4.04. The summed E-state index contributed by atoms with van der Waals surface area (Å²) in [6.07, 6.45) is -1.21. The molecule has 3 aromatic rings. The van der Waals surface area contributed by atoms with Crippen molar-refractivity contribution in [3.63, 3.8) is 0 Å². The van der Waals surface area contributed by atoms with Crippen LogP contribution in [0.25, 0.3) is 11.1 Å². The number of anilines is 1. The van der Waals surface area contributed by atoms with E-state index in [2.05, 4.69) is 0 Å². The number of nitro groups is 1. The number of carboxylic acid groups (broad SMARTS) is 1. The summed E-state index contributed by atoms with van der Waals surface area (Å²) in [4.78, 5) is 35.9. The van der Waals surface area contributed by atoms with Crippen molar-refractivity contribution >= 4 is 23.4 Å². The quantitative estimate of drug-likeness (QED) is 0.423. The van der Waals surface area contributed by atoms with Gasteiger partial charge in [-0.2, -0.15) is 0 Å². The molecule has 1 N–H and O–H groups in total. The Balaban J connectivity index is 1.60. The van der Waals surface area contributed by atoms with Gasteiger partial charge < -0.3 is 9.84 Å². The van der Waals surface area contributed by atoms with Gasteiger partial charge in [0.25, 0.3) is 5.69 Å². The molecule has 32 heavy (non-hydrogen) atoms. The molecule has 0 radical (unpaired) electrons. The lowest BCUT2D eigenvalue weighted by Crippen LogP contribution is -2.35. The van der Waals surface area contributed by atoms with Gasteiger partial charge in [0.15, 0.2) is 0 Å². The van der Waals surface area contributed by atoms with Gasteiger partial charge in [0.1, 0.15) is 12.3 Å². The van der Waals surface area contributed by atoms with Crippen molar-refractivity contribution in [1.29, 1.82) is 0 Å². The van der Waals surface area contributed by atoms with Crippen molar-refractivity contribution in [1.82, 2.24) is 0 Å². The highest BCUT2D eigenvalue weighted by atomic mass is 16.6. The minimum absolute atomic E-state index is 0.00373. The number of amides is 1. The first-order chi connectivity index (χ1) is 15.5. The van der Waals surface area contributed by atoms with Crippen LogP contribution in [-0.2, 0) is 9.53 Å². The van der Waals surface area contributed by atoms with E-state index in [1.807, 2.05) is 48.5 Å². The van der Waals surface area contributed by atoms with Gasteiger partial charge >= 0.3 is 12.1 Å². The molecule has 0 fully saturated rings. The molecule has 0 atom stereocenters. The van der Waals surface area contributed by atoms with Gasteiger partial charge in [-0.05, 0) is 28.3 Å². The Labute approximate surface area is 183 Å². The molecular formula is C24H20N2O6. The Bertz CT molecular complexity index is 1150. The smallest absolute Gasteiger partial charge is 0.414 e. The third-order valence-corrected chi connectivity index (χ3v) is 5.47. The lowest BCUT2D eigenvalue weighted by atomic mass is 9.98. The Morgan fingerprint density at radius 2 is 1.50 bits per heavy atom. The van der Waals surface area contributed by atoms with Crippen molar-refractivity contribution < 1.29 is 24.4 Å². The van der Waals surface area contributed by atoms with Crippen LogP contribution in [0.5, 0.6) is 0 Å². The van der Waals surface area contributed by atoms with Crippen LogP contribution in [0.15, 0.2) is 72.8 Å². The maximum Gasteiger partial charge on any atom is 0.414 e. The number of hydrogen-bond donors (Lipinski definition) is 1. The molecule has 1 amide bonds. The summed E-state index contributed by atoms with van der Waals surface area (Å²) in [6, 6.07) is 21.4. The first kappa shape index (κ1) is 21.0. The lowest BCUT2D eigenvalue weighted by Gasteiger charge is -2.23. The molecule has 1 aliphatic carbocycles. The number of rotatable bonds is 7. The zero-order valence-corrected chi connectivity index (χ0v) is 17.0. The number of fused-ring (bicyclic) bond motifs is 3. The normalized spacial score (nSPS) is 12.0. The maximum atomic E-state index is 13.0. The molecule has 8 heteroatoms. The average Bonchev–Trinajstić information content (AvgIpc) is 3.11. The molecule has 0 aromatic heterocycles. The largest absolute Gasteiger partial charge is 0.481 e. The SMILES string of the molecule is O=C(O)CCN(C(=O)OCC1c2ccccc2-c2ccccc21)c1ccccc1[N+](=O)[O-]. The predicted octanol–water partition coefficient (Wildman–Crippen LogP) is 4.83. The van der Waals surface area contributed by atoms with E-state index in [9.17, 15) is 19.7 Å². The summed E-state index contributed by atoms with van der Waals surface area (Å²) < 4.78 is 5.59. The number of ether oxygens (including phenoxy) is 1. The highest BCUT2D eigenvalue weighted by Gasteiger charge is 2.31. The summed E-state index contributed by atoms with van der Waals surface area (Å²) in [5.41, 5.74) is 3.91. The third kappa shape index (κ3) is 4.02. The van der Waals surface area contributed by atoms with Gasteiger partial charge in [0.2, 0.25) is 0 Å². The van der Waals surface area contributed by atoms with Crippen LogP contribution in [-0.4, -0.2) is 35.2 Å². The van der Waals surface area contributed by atoms with E-state index in [-0.39, 0.29) is 36.9 Å². The highest BCUT2D eigenvalue weighted by molar-refractivity contribution is 5.91. The van der Waals surface area contributed by atoms with E-state index < -0.39 is 17.0 Å². The molecule has 3 aromatic carbocycles. The molecule has 1 aliphatic rings. The van der Waals surface area contributed by atoms with Crippen molar-refractivity contribution in [2.75, 3.05) is 18.1 Å². The van der Waals surface area contributed by atoms with Crippen LogP contribution in [0.4, 0.5) is 16.2 Å². The minimum Gasteiger partial charge on any atom is -0.481 e. The Kier molecular flexibility index (Phi) is 5.85. The molecule has 4 rings (SSSR count). The summed E-state index contributed by atoms with van der Waals surface area (Å²) in [5.74, 6) is -1.31. The second kappa shape index (κ2) is 8.89. The molecule has 8 nitrogen and oxygen atoms in total. The number of nitro benzene ring substituents is 1. The second-order valence-electron chi connectivity index (χ2n) is 7.35. The number of carbonyl (C=O) groups is 2. The zero-order valence-electron chi connectivity index (χ0n) is 17.0. The fraction of sp³-hybridized carbons (Fsp3) is 0.167. The number of nitrogens with zero attached hydrogens (tertiary/aromatic N) is 2. The zero-order chi connectivity index (χ0) is 22.7. The first-order valence-corrected chi connectivity index (χ1v) is 10.0. The molecule has 0 heterocycles. The van der Waals surface area contributed by atoms with Gasteiger partial charge in [0.05, 0.1) is 11.3 Å². The van der Waals surface area contributed by atoms with Crippen LogP contribution in [0.3, 0.4) is 0 Å². The van der Waals surface area contributed by atoms with Gasteiger partial charge in [-0.1, -0.05) is 60.7 Å². The number of carboxylic acids is 1. The molecular weight excluding hydrogens is 412 g/mol. The molecule has 0 aliphatic heterocycles. The Morgan fingerprint density at radius 1 is 0.938 bits per heavy atom. The van der Waals surface area contributed by atoms with Crippen molar-refractivity contribution in [2.45, 2.75) is 12.3 Å². The fourth-order valence-corrected chi connectivity index (χ4v) is 4.04. The molecule has 0 bridgehead atoms. The predicted molar refractivity (Wildman–Crippen MR) is 118 cm³/mol. The standard InChI is InChI=1S/C24H20N2O6/c27-23(28)13-14-25(21-11-5-6-12-22(21)26(30)31)24(29)32-15-20-18-9-3-1-7-16(18)17-8-2-4-10-19(17)20/h1-12,20H,13-15H2,(H,27,28). The molecule has 162 valence electrons.